The zero-order chi connectivity index (χ0) is 8.91. The van der Waals surface area contributed by atoms with Gasteiger partial charge in [-0.1, -0.05) is 19.9 Å². The molecular formula is C9H16O2. The third-order valence-electron chi connectivity index (χ3n) is 2.34. The molecule has 0 radical (unpaired) electrons. The molecule has 2 nitrogen and oxygen atoms in total. The maximum Gasteiger partial charge on any atom is 0.304 e. The van der Waals surface area contributed by atoms with Crippen molar-refractivity contribution in [2.75, 3.05) is 0 Å². The van der Waals surface area contributed by atoms with Gasteiger partial charge in [-0.05, 0) is 18.3 Å². The van der Waals surface area contributed by atoms with Crippen LogP contribution < -0.4 is 0 Å². The Balaban J connectivity index is 4.28. The minimum absolute atomic E-state index is 0.189. The lowest BCUT2D eigenvalue weighted by Gasteiger charge is -2.25. The summed E-state index contributed by atoms with van der Waals surface area (Å²) in [6, 6.07) is 0. The van der Waals surface area contributed by atoms with Crippen LogP contribution in [-0.2, 0) is 4.79 Å². The van der Waals surface area contributed by atoms with E-state index in [1.807, 2.05) is 13.8 Å². The quantitative estimate of drug-likeness (QED) is 0.621. The fraction of sp³-hybridized carbons (Fsp3) is 0.667. The molecule has 0 aromatic heterocycles. The molecule has 0 heterocycles. The molecule has 0 bridgehead atoms. The van der Waals surface area contributed by atoms with E-state index in [1.54, 1.807) is 6.08 Å². The minimum atomic E-state index is -0.742. The first-order valence-corrected chi connectivity index (χ1v) is 3.95. The summed E-state index contributed by atoms with van der Waals surface area (Å²) in [4.78, 5) is 10.4. The van der Waals surface area contributed by atoms with Gasteiger partial charge in [0.1, 0.15) is 0 Å². The van der Waals surface area contributed by atoms with Gasteiger partial charge in [-0.3, -0.25) is 4.79 Å². The molecule has 11 heavy (non-hydrogen) atoms. The van der Waals surface area contributed by atoms with Crippen LogP contribution in [0.2, 0.25) is 0 Å². The van der Waals surface area contributed by atoms with E-state index in [9.17, 15) is 4.79 Å². The van der Waals surface area contributed by atoms with Crippen molar-refractivity contribution >= 4 is 5.97 Å². The van der Waals surface area contributed by atoms with Crippen molar-refractivity contribution in [3.8, 4) is 0 Å². The van der Waals surface area contributed by atoms with E-state index in [-0.39, 0.29) is 11.8 Å². The van der Waals surface area contributed by atoms with E-state index < -0.39 is 5.97 Å². The van der Waals surface area contributed by atoms with Crippen molar-refractivity contribution in [2.24, 2.45) is 5.41 Å². The van der Waals surface area contributed by atoms with E-state index in [0.29, 0.717) is 0 Å². The van der Waals surface area contributed by atoms with Crippen LogP contribution in [0.4, 0.5) is 0 Å². The Morgan fingerprint density at radius 1 is 1.55 bits per heavy atom. The molecule has 0 aliphatic rings. The molecule has 0 rings (SSSR count). The zero-order valence-corrected chi connectivity index (χ0v) is 7.26. The second-order valence-electron chi connectivity index (χ2n) is 2.84. The summed E-state index contributed by atoms with van der Waals surface area (Å²) in [6.07, 6.45) is 3.66. The molecule has 64 valence electrons. The lowest BCUT2D eigenvalue weighted by molar-refractivity contribution is -0.139. The van der Waals surface area contributed by atoms with Crippen molar-refractivity contribution in [2.45, 2.75) is 33.1 Å². The van der Waals surface area contributed by atoms with Gasteiger partial charge in [0.2, 0.25) is 0 Å². The zero-order valence-electron chi connectivity index (χ0n) is 7.26. The molecule has 0 aliphatic heterocycles. The molecule has 0 unspecified atom stereocenters. The first-order chi connectivity index (χ1) is 5.10. The normalized spacial score (nSPS) is 11.1. The van der Waals surface area contributed by atoms with Crippen molar-refractivity contribution in [1.29, 1.82) is 0 Å². The summed E-state index contributed by atoms with van der Waals surface area (Å²) in [6.45, 7) is 7.65. The summed E-state index contributed by atoms with van der Waals surface area (Å²) in [5.74, 6) is -0.742. The van der Waals surface area contributed by atoms with Crippen LogP contribution in [0.15, 0.2) is 12.7 Å². The van der Waals surface area contributed by atoms with Gasteiger partial charge in [0, 0.05) is 0 Å². The van der Waals surface area contributed by atoms with Gasteiger partial charge >= 0.3 is 5.97 Å². The van der Waals surface area contributed by atoms with Crippen molar-refractivity contribution in [3.63, 3.8) is 0 Å². The average Bonchev–Trinajstić information content (AvgIpc) is 2.00. The molecule has 1 N–H and O–H groups in total. The lowest BCUT2D eigenvalue weighted by Crippen LogP contribution is -2.19. The van der Waals surface area contributed by atoms with Crippen LogP contribution in [0.5, 0.6) is 0 Å². The highest BCUT2D eigenvalue weighted by Gasteiger charge is 2.24. The van der Waals surface area contributed by atoms with E-state index in [1.165, 1.54) is 0 Å². The number of carbonyl (C=O) groups is 1. The van der Waals surface area contributed by atoms with Gasteiger partial charge in [0.05, 0.1) is 6.42 Å². The summed E-state index contributed by atoms with van der Waals surface area (Å²) in [7, 11) is 0. The maximum absolute atomic E-state index is 10.4. The first kappa shape index (κ1) is 10.2. The van der Waals surface area contributed by atoms with Crippen LogP contribution in [0.3, 0.4) is 0 Å². The van der Waals surface area contributed by atoms with Crippen LogP contribution in [0, 0.1) is 5.41 Å². The number of carboxylic acid groups (broad SMARTS) is 1. The van der Waals surface area contributed by atoms with Gasteiger partial charge in [0.15, 0.2) is 0 Å². The summed E-state index contributed by atoms with van der Waals surface area (Å²) in [5.41, 5.74) is -0.189. The first-order valence-electron chi connectivity index (χ1n) is 3.95. The minimum Gasteiger partial charge on any atom is -0.481 e. The van der Waals surface area contributed by atoms with Crippen molar-refractivity contribution in [1.82, 2.24) is 0 Å². The van der Waals surface area contributed by atoms with Crippen LogP contribution in [0.1, 0.15) is 33.1 Å². The summed E-state index contributed by atoms with van der Waals surface area (Å²) < 4.78 is 0. The number of rotatable bonds is 5. The number of allylic oxidation sites excluding steroid dienone is 1. The topological polar surface area (TPSA) is 37.3 Å². The Hall–Kier alpha value is -0.790. The number of hydrogen-bond donors (Lipinski definition) is 1. The number of aliphatic carboxylic acids is 1. The Morgan fingerprint density at radius 2 is 2.00 bits per heavy atom. The molecule has 0 aliphatic carbocycles. The summed E-state index contributed by atoms with van der Waals surface area (Å²) >= 11 is 0. The largest absolute Gasteiger partial charge is 0.481 e. The molecule has 0 amide bonds. The smallest absolute Gasteiger partial charge is 0.304 e. The standard InChI is InChI=1S/C9H16O2/c1-4-9(5-2,6-3)7-8(10)11/h4H,1,5-7H2,2-3H3,(H,10,11). The van der Waals surface area contributed by atoms with Gasteiger partial charge < -0.3 is 5.11 Å². The molecule has 0 spiro atoms. The monoisotopic (exact) mass is 156 g/mol. The maximum atomic E-state index is 10.4. The molecule has 0 saturated heterocycles. The van der Waals surface area contributed by atoms with Crippen LogP contribution in [0.25, 0.3) is 0 Å². The predicted octanol–water partition coefficient (Wildman–Crippen LogP) is 2.45. The Morgan fingerprint density at radius 3 is 2.09 bits per heavy atom. The van der Waals surface area contributed by atoms with E-state index >= 15 is 0 Å². The van der Waals surface area contributed by atoms with Gasteiger partial charge in [0.25, 0.3) is 0 Å². The predicted molar refractivity (Wildman–Crippen MR) is 45.5 cm³/mol. The Kier molecular flexibility index (Phi) is 3.86. The second-order valence-corrected chi connectivity index (χ2v) is 2.84. The summed E-state index contributed by atoms with van der Waals surface area (Å²) in [5, 5.41) is 8.59. The van der Waals surface area contributed by atoms with Gasteiger partial charge in [-0.25, -0.2) is 0 Å². The lowest BCUT2D eigenvalue weighted by atomic mass is 9.79. The molecule has 0 saturated carbocycles. The molecule has 0 fully saturated rings. The second kappa shape index (κ2) is 4.16. The molecule has 0 atom stereocenters. The fourth-order valence-corrected chi connectivity index (χ4v) is 1.16. The molecule has 0 aromatic rings. The van der Waals surface area contributed by atoms with Gasteiger partial charge in [-0.15, -0.1) is 6.58 Å². The Labute approximate surface area is 67.9 Å². The van der Waals surface area contributed by atoms with Crippen molar-refractivity contribution < 1.29 is 9.90 Å². The Bertz CT molecular complexity index is 146. The third kappa shape index (κ3) is 2.74. The van der Waals surface area contributed by atoms with Crippen LogP contribution >= 0.6 is 0 Å². The highest BCUT2D eigenvalue weighted by atomic mass is 16.4. The SMILES string of the molecule is C=CC(CC)(CC)CC(=O)O. The third-order valence-corrected chi connectivity index (χ3v) is 2.34. The highest BCUT2D eigenvalue weighted by Crippen LogP contribution is 2.31. The molecule has 2 heteroatoms. The molecular weight excluding hydrogens is 140 g/mol. The van der Waals surface area contributed by atoms with Gasteiger partial charge in [-0.2, -0.15) is 0 Å². The van der Waals surface area contributed by atoms with E-state index in [0.717, 1.165) is 12.8 Å². The molecule has 0 aromatic carbocycles. The van der Waals surface area contributed by atoms with Crippen LogP contribution in [-0.4, -0.2) is 11.1 Å². The van der Waals surface area contributed by atoms with E-state index in [4.69, 9.17) is 5.11 Å². The number of carboxylic acids is 1. The van der Waals surface area contributed by atoms with E-state index in [2.05, 4.69) is 6.58 Å². The number of hydrogen-bond acceptors (Lipinski definition) is 1. The fourth-order valence-electron chi connectivity index (χ4n) is 1.16. The van der Waals surface area contributed by atoms with Crippen molar-refractivity contribution in [3.05, 3.63) is 12.7 Å². The highest BCUT2D eigenvalue weighted by molar-refractivity contribution is 5.68. The average molecular weight is 156 g/mol.